The molecule has 0 unspecified atom stereocenters. The van der Waals surface area contributed by atoms with E-state index in [1.807, 2.05) is 0 Å². The van der Waals surface area contributed by atoms with Crippen LogP contribution in [-0.4, -0.2) is 37.2 Å². The van der Waals surface area contributed by atoms with Gasteiger partial charge in [-0.3, -0.25) is 14.4 Å². The minimum absolute atomic E-state index is 0.0606. The molecule has 0 radical (unpaired) electrons. The quantitative estimate of drug-likeness (QED) is 0.0343. The van der Waals surface area contributed by atoms with E-state index in [-0.39, 0.29) is 31.1 Å². The number of hydrogen-bond donors (Lipinski definition) is 0. The van der Waals surface area contributed by atoms with Gasteiger partial charge in [-0.05, 0) is 19.3 Å². The van der Waals surface area contributed by atoms with E-state index in [2.05, 4.69) is 20.8 Å². The van der Waals surface area contributed by atoms with E-state index in [9.17, 15) is 14.4 Å². The summed E-state index contributed by atoms with van der Waals surface area (Å²) in [5, 5.41) is 0. The minimum Gasteiger partial charge on any atom is -0.462 e. The Labute approximate surface area is 431 Å². The summed E-state index contributed by atoms with van der Waals surface area (Å²) in [5.41, 5.74) is 0. The molecule has 6 heteroatoms. The molecule has 0 saturated carbocycles. The fraction of sp³-hybridized carbons (Fsp3) is 0.952. The molecule has 6 nitrogen and oxygen atoms in total. The molecule has 0 aliphatic heterocycles. The second-order valence-electron chi connectivity index (χ2n) is 21.7. The van der Waals surface area contributed by atoms with Crippen LogP contribution >= 0.6 is 0 Å². The molecule has 0 aliphatic rings. The highest BCUT2D eigenvalue weighted by atomic mass is 16.6. The van der Waals surface area contributed by atoms with Crippen LogP contribution in [0.3, 0.4) is 0 Å². The summed E-state index contributed by atoms with van der Waals surface area (Å²) >= 11 is 0. The summed E-state index contributed by atoms with van der Waals surface area (Å²) in [6, 6.07) is 0. The van der Waals surface area contributed by atoms with Gasteiger partial charge >= 0.3 is 17.9 Å². The maximum Gasteiger partial charge on any atom is 0.306 e. The van der Waals surface area contributed by atoms with Crippen molar-refractivity contribution in [2.75, 3.05) is 13.2 Å². The Hall–Kier alpha value is -1.59. The monoisotopic (exact) mass is 975 g/mol. The molecule has 0 aromatic rings. The number of ether oxygens (including phenoxy) is 3. The van der Waals surface area contributed by atoms with Gasteiger partial charge in [-0.2, -0.15) is 0 Å². The van der Waals surface area contributed by atoms with Crippen LogP contribution in [0.4, 0.5) is 0 Å². The molecule has 0 saturated heterocycles. The lowest BCUT2D eigenvalue weighted by molar-refractivity contribution is -0.167. The van der Waals surface area contributed by atoms with Gasteiger partial charge in [-0.1, -0.05) is 329 Å². The van der Waals surface area contributed by atoms with Gasteiger partial charge in [0.25, 0.3) is 0 Å². The van der Waals surface area contributed by atoms with Crippen molar-refractivity contribution in [3.05, 3.63) is 0 Å². The van der Waals surface area contributed by atoms with E-state index in [0.717, 1.165) is 57.8 Å². The third kappa shape index (κ3) is 57.2. The summed E-state index contributed by atoms with van der Waals surface area (Å²) in [6.45, 7) is 6.73. The van der Waals surface area contributed by atoms with Gasteiger partial charge in [0.15, 0.2) is 6.10 Å². The van der Waals surface area contributed by atoms with Gasteiger partial charge in [-0.25, -0.2) is 0 Å². The van der Waals surface area contributed by atoms with Crippen LogP contribution in [0.15, 0.2) is 0 Å². The lowest BCUT2D eigenvalue weighted by Crippen LogP contribution is -2.30. The number of unbranched alkanes of at least 4 members (excludes halogenated alkanes) is 48. The smallest absolute Gasteiger partial charge is 0.306 e. The van der Waals surface area contributed by atoms with Crippen LogP contribution in [-0.2, 0) is 28.6 Å². The summed E-state index contributed by atoms with van der Waals surface area (Å²) < 4.78 is 16.9. The maximum absolute atomic E-state index is 12.9. The summed E-state index contributed by atoms with van der Waals surface area (Å²) in [7, 11) is 0. The summed E-state index contributed by atoms with van der Waals surface area (Å²) in [4.78, 5) is 38.3. The molecule has 0 heterocycles. The molecule has 0 rings (SSSR count). The van der Waals surface area contributed by atoms with Crippen LogP contribution < -0.4 is 0 Å². The fourth-order valence-corrected chi connectivity index (χ4v) is 9.86. The molecule has 410 valence electrons. The predicted octanol–water partition coefficient (Wildman–Crippen LogP) is 21.1. The van der Waals surface area contributed by atoms with Crippen molar-refractivity contribution < 1.29 is 28.6 Å². The van der Waals surface area contributed by atoms with Gasteiger partial charge in [0.05, 0.1) is 0 Å². The second kappa shape index (κ2) is 59.0. The van der Waals surface area contributed by atoms with Crippen LogP contribution in [0.1, 0.15) is 367 Å². The Morgan fingerprint density at radius 2 is 0.391 bits per heavy atom. The van der Waals surface area contributed by atoms with Crippen molar-refractivity contribution in [1.82, 2.24) is 0 Å². The highest BCUT2D eigenvalue weighted by Crippen LogP contribution is 2.18. The Balaban J connectivity index is 4.25. The first-order chi connectivity index (χ1) is 34.0. The van der Waals surface area contributed by atoms with E-state index < -0.39 is 6.10 Å². The Morgan fingerprint density at radius 1 is 0.232 bits per heavy atom. The first-order valence-electron chi connectivity index (χ1n) is 31.5. The zero-order valence-corrected chi connectivity index (χ0v) is 47.1. The van der Waals surface area contributed by atoms with Crippen molar-refractivity contribution in [3.63, 3.8) is 0 Å². The molecule has 1 atom stereocenters. The van der Waals surface area contributed by atoms with Crippen molar-refractivity contribution >= 4 is 17.9 Å². The molecule has 0 N–H and O–H groups in total. The molecule has 0 fully saturated rings. The van der Waals surface area contributed by atoms with Crippen molar-refractivity contribution in [1.29, 1.82) is 0 Å². The molecule has 0 aromatic carbocycles. The van der Waals surface area contributed by atoms with E-state index in [1.54, 1.807) is 0 Å². The number of carbonyl (C=O) groups is 3. The number of rotatable bonds is 59. The molecule has 69 heavy (non-hydrogen) atoms. The number of esters is 3. The molecule has 0 amide bonds. The van der Waals surface area contributed by atoms with Gasteiger partial charge in [-0.15, -0.1) is 0 Å². The first-order valence-corrected chi connectivity index (χ1v) is 31.5. The van der Waals surface area contributed by atoms with Crippen molar-refractivity contribution in [2.45, 2.75) is 374 Å². The zero-order valence-electron chi connectivity index (χ0n) is 47.1. The largest absolute Gasteiger partial charge is 0.462 e. The Bertz CT molecular complexity index is 1030. The summed E-state index contributed by atoms with van der Waals surface area (Å²) in [6.07, 6.45) is 66.7. The Morgan fingerprint density at radius 3 is 0.580 bits per heavy atom. The predicted molar refractivity (Wildman–Crippen MR) is 298 cm³/mol. The lowest BCUT2D eigenvalue weighted by Gasteiger charge is -2.18. The summed E-state index contributed by atoms with van der Waals surface area (Å²) in [5.74, 6) is -0.826. The van der Waals surface area contributed by atoms with Crippen LogP contribution in [0.5, 0.6) is 0 Å². The third-order valence-corrected chi connectivity index (χ3v) is 14.6. The standard InChI is InChI=1S/C63H122O6/c1-4-7-10-13-16-19-22-25-28-30-32-34-36-39-41-44-47-50-53-56-62(65)68-59-60(69-63(66)57-54-51-48-45-42-37-27-24-21-18-15-12-9-6-3)58-67-61(64)55-52-49-46-43-40-38-35-33-31-29-26-23-20-17-14-11-8-5-2/h60H,4-59H2,1-3H3/t60-/m1/s1. The van der Waals surface area contributed by atoms with Crippen molar-refractivity contribution in [3.8, 4) is 0 Å². The normalized spacial score (nSPS) is 11.9. The van der Waals surface area contributed by atoms with Crippen molar-refractivity contribution in [2.24, 2.45) is 0 Å². The minimum atomic E-state index is -0.762. The number of carbonyl (C=O) groups excluding carboxylic acids is 3. The zero-order chi connectivity index (χ0) is 50.0. The van der Waals surface area contributed by atoms with Gasteiger partial charge < -0.3 is 14.2 Å². The van der Waals surface area contributed by atoms with E-state index in [1.165, 1.54) is 270 Å². The van der Waals surface area contributed by atoms with Crippen LogP contribution in [0.25, 0.3) is 0 Å². The third-order valence-electron chi connectivity index (χ3n) is 14.6. The maximum atomic E-state index is 12.9. The highest BCUT2D eigenvalue weighted by Gasteiger charge is 2.19. The fourth-order valence-electron chi connectivity index (χ4n) is 9.86. The van der Waals surface area contributed by atoms with Crippen LogP contribution in [0.2, 0.25) is 0 Å². The van der Waals surface area contributed by atoms with Gasteiger partial charge in [0.2, 0.25) is 0 Å². The SMILES string of the molecule is CCCCCCCCCCCCCCCCCCCCCC(=O)OC[C@@H](COC(=O)CCCCCCCCCCCCCCCCCCCC)OC(=O)CCCCCCCCCCCCCCCC. The second-order valence-corrected chi connectivity index (χ2v) is 21.7. The molecule has 0 aliphatic carbocycles. The van der Waals surface area contributed by atoms with E-state index >= 15 is 0 Å². The molecule has 0 spiro atoms. The van der Waals surface area contributed by atoms with Gasteiger partial charge in [0, 0.05) is 19.3 Å². The molecule has 0 aromatic heterocycles. The molecule has 0 bridgehead atoms. The highest BCUT2D eigenvalue weighted by molar-refractivity contribution is 5.71. The van der Waals surface area contributed by atoms with E-state index in [4.69, 9.17) is 14.2 Å². The topological polar surface area (TPSA) is 78.9 Å². The lowest BCUT2D eigenvalue weighted by atomic mass is 10.0. The molecular weight excluding hydrogens is 853 g/mol. The molecular formula is C63H122O6. The van der Waals surface area contributed by atoms with Gasteiger partial charge in [0.1, 0.15) is 13.2 Å². The average molecular weight is 976 g/mol. The van der Waals surface area contributed by atoms with E-state index in [0.29, 0.717) is 19.3 Å². The van der Waals surface area contributed by atoms with Crippen LogP contribution in [0, 0.1) is 0 Å². The first kappa shape index (κ1) is 67.4. The Kier molecular flexibility index (Phi) is 57.6. The number of hydrogen-bond acceptors (Lipinski definition) is 6. The average Bonchev–Trinajstić information content (AvgIpc) is 3.35.